The normalized spacial score (nSPS) is 10.5. The van der Waals surface area contributed by atoms with Crippen LogP contribution >= 0.6 is 0 Å². The van der Waals surface area contributed by atoms with E-state index in [9.17, 15) is 4.79 Å². The summed E-state index contributed by atoms with van der Waals surface area (Å²) >= 11 is 0. The Hall–Kier alpha value is -3.08. The third kappa shape index (κ3) is 3.01. The first-order chi connectivity index (χ1) is 11.6. The lowest BCUT2D eigenvalue weighted by Gasteiger charge is -2.12. The van der Waals surface area contributed by atoms with Crippen LogP contribution in [0.3, 0.4) is 0 Å². The van der Waals surface area contributed by atoms with Gasteiger partial charge in [0.15, 0.2) is 11.5 Å². The first-order valence-electron chi connectivity index (χ1n) is 7.52. The number of aryl methyl sites for hydroxylation is 1. The molecule has 5 nitrogen and oxygen atoms in total. The van der Waals surface area contributed by atoms with E-state index in [0.29, 0.717) is 22.7 Å². The maximum Gasteiger partial charge on any atom is 0.256 e. The van der Waals surface area contributed by atoms with Crippen LogP contribution in [0, 0.1) is 6.92 Å². The van der Waals surface area contributed by atoms with Gasteiger partial charge in [-0.1, -0.05) is 18.2 Å². The number of para-hydroxylation sites is 1. The average molecular weight is 322 g/mol. The summed E-state index contributed by atoms with van der Waals surface area (Å²) in [6, 6.07) is 14.6. The van der Waals surface area contributed by atoms with Crippen molar-refractivity contribution in [3.63, 3.8) is 0 Å². The molecule has 0 saturated heterocycles. The van der Waals surface area contributed by atoms with Gasteiger partial charge in [-0.15, -0.1) is 0 Å². The van der Waals surface area contributed by atoms with Gasteiger partial charge in [0.2, 0.25) is 0 Å². The molecule has 1 N–H and O–H groups in total. The Balaban J connectivity index is 1.96. The topological polar surface area (TPSA) is 60.5 Å². The molecule has 0 unspecified atom stereocenters. The quantitative estimate of drug-likeness (QED) is 0.793. The largest absolute Gasteiger partial charge is 0.493 e. The Bertz CT molecular complexity index is 906. The maximum atomic E-state index is 12.7. The number of aromatic nitrogens is 1. The minimum absolute atomic E-state index is 0.191. The number of amides is 1. The van der Waals surface area contributed by atoms with E-state index in [1.54, 1.807) is 38.5 Å². The van der Waals surface area contributed by atoms with Crippen molar-refractivity contribution in [2.45, 2.75) is 6.92 Å². The van der Waals surface area contributed by atoms with Crippen molar-refractivity contribution in [2.24, 2.45) is 0 Å². The number of nitrogens with zero attached hydrogens (tertiary/aromatic N) is 1. The second kappa shape index (κ2) is 6.58. The van der Waals surface area contributed by atoms with E-state index in [1.165, 1.54) is 0 Å². The molecule has 0 aliphatic carbocycles. The van der Waals surface area contributed by atoms with Crippen LogP contribution < -0.4 is 14.8 Å². The zero-order chi connectivity index (χ0) is 17.1. The summed E-state index contributed by atoms with van der Waals surface area (Å²) in [5.41, 5.74) is 2.82. The van der Waals surface area contributed by atoms with Crippen LogP contribution in [0.1, 0.15) is 16.1 Å². The summed E-state index contributed by atoms with van der Waals surface area (Å²) in [5.74, 6) is 0.982. The number of nitrogens with one attached hydrogen (secondary N) is 1. The molecular formula is C19H18N2O3. The highest BCUT2D eigenvalue weighted by Crippen LogP contribution is 2.30. The van der Waals surface area contributed by atoms with Gasteiger partial charge in [0.05, 0.1) is 25.3 Å². The van der Waals surface area contributed by atoms with Gasteiger partial charge in [-0.3, -0.25) is 9.78 Å². The second-order valence-electron chi connectivity index (χ2n) is 5.35. The number of carbonyl (C=O) groups is 1. The smallest absolute Gasteiger partial charge is 0.256 e. The zero-order valence-corrected chi connectivity index (χ0v) is 13.8. The monoisotopic (exact) mass is 322 g/mol. The first-order valence-corrected chi connectivity index (χ1v) is 7.52. The lowest BCUT2D eigenvalue weighted by Crippen LogP contribution is -2.13. The molecule has 1 amide bonds. The number of pyridine rings is 1. The van der Waals surface area contributed by atoms with Crippen LogP contribution in [0.15, 0.2) is 48.5 Å². The summed E-state index contributed by atoms with van der Waals surface area (Å²) in [4.78, 5) is 17.2. The van der Waals surface area contributed by atoms with Crippen LogP contribution in [0.4, 0.5) is 5.69 Å². The molecule has 3 aromatic rings. The van der Waals surface area contributed by atoms with Gasteiger partial charge >= 0.3 is 0 Å². The number of hydrogen-bond acceptors (Lipinski definition) is 4. The first kappa shape index (κ1) is 15.8. The lowest BCUT2D eigenvalue weighted by atomic mass is 10.1. The fourth-order valence-corrected chi connectivity index (χ4v) is 2.61. The van der Waals surface area contributed by atoms with E-state index >= 15 is 0 Å². The molecule has 1 aromatic heterocycles. The number of hydrogen-bond donors (Lipinski definition) is 1. The number of rotatable bonds is 4. The van der Waals surface area contributed by atoms with E-state index in [4.69, 9.17) is 9.47 Å². The Morgan fingerprint density at radius 3 is 2.50 bits per heavy atom. The van der Waals surface area contributed by atoms with Crippen LogP contribution in [0.25, 0.3) is 10.9 Å². The summed E-state index contributed by atoms with van der Waals surface area (Å²) < 4.78 is 10.5. The second-order valence-corrected chi connectivity index (χ2v) is 5.35. The predicted octanol–water partition coefficient (Wildman–Crippen LogP) is 3.81. The molecule has 3 rings (SSSR count). The molecule has 2 aromatic carbocycles. The van der Waals surface area contributed by atoms with Crippen LogP contribution in [-0.4, -0.2) is 25.1 Å². The molecule has 0 fully saturated rings. The fraction of sp³-hybridized carbons (Fsp3) is 0.158. The minimum atomic E-state index is -0.191. The van der Waals surface area contributed by atoms with Gasteiger partial charge in [0.1, 0.15) is 0 Å². The van der Waals surface area contributed by atoms with Crippen molar-refractivity contribution in [3.05, 3.63) is 59.8 Å². The number of benzene rings is 2. The molecule has 0 bridgehead atoms. The van der Waals surface area contributed by atoms with Crippen molar-refractivity contribution in [1.82, 2.24) is 4.98 Å². The summed E-state index contributed by atoms with van der Waals surface area (Å²) in [7, 11) is 3.13. The maximum absolute atomic E-state index is 12.7. The van der Waals surface area contributed by atoms with Crippen LogP contribution in [0.5, 0.6) is 11.5 Å². The van der Waals surface area contributed by atoms with Gasteiger partial charge in [-0.05, 0) is 31.2 Å². The third-order valence-corrected chi connectivity index (χ3v) is 3.73. The van der Waals surface area contributed by atoms with E-state index in [1.807, 2.05) is 31.2 Å². The Kier molecular flexibility index (Phi) is 4.33. The molecule has 122 valence electrons. The molecular weight excluding hydrogens is 304 g/mol. The molecule has 0 aliphatic rings. The number of methoxy groups -OCH3 is 2. The van der Waals surface area contributed by atoms with E-state index < -0.39 is 0 Å². The standard InChI is InChI=1S/C19H18N2O3/c1-12-10-15(14-6-4-5-7-16(14)20-12)19(22)21-13-8-9-17(23-2)18(11-13)24-3/h4-11H,1-3H3,(H,21,22). The van der Waals surface area contributed by atoms with Crippen LogP contribution in [-0.2, 0) is 0 Å². The molecule has 0 spiro atoms. The molecule has 1 heterocycles. The lowest BCUT2D eigenvalue weighted by molar-refractivity contribution is 0.102. The predicted molar refractivity (Wildman–Crippen MR) is 94.0 cm³/mol. The van der Waals surface area contributed by atoms with Crippen molar-refractivity contribution in [1.29, 1.82) is 0 Å². The van der Waals surface area contributed by atoms with E-state index in [2.05, 4.69) is 10.3 Å². The molecule has 24 heavy (non-hydrogen) atoms. The van der Waals surface area contributed by atoms with Crippen molar-refractivity contribution < 1.29 is 14.3 Å². The number of carbonyl (C=O) groups excluding carboxylic acids is 1. The number of ether oxygens (including phenoxy) is 2. The minimum Gasteiger partial charge on any atom is -0.493 e. The Morgan fingerprint density at radius 1 is 1.00 bits per heavy atom. The zero-order valence-electron chi connectivity index (χ0n) is 13.8. The van der Waals surface area contributed by atoms with E-state index in [-0.39, 0.29) is 5.91 Å². The summed E-state index contributed by atoms with van der Waals surface area (Å²) in [5, 5.41) is 3.72. The number of anilines is 1. The fourth-order valence-electron chi connectivity index (χ4n) is 2.61. The van der Waals surface area contributed by atoms with Crippen molar-refractivity contribution >= 4 is 22.5 Å². The Labute approximate surface area is 140 Å². The van der Waals surface area contributed by atoms with E-state index in [0.717, 1.165) is 16.6 Å². The molecule has 0 atom stereocenters. The molecule has 0 saturated carbocycles. The highest BCUT2D eigenvalue weighted by atomic mass is 16.5. The molecule has 5 heteroatoms. The van der Waals surface area contributed by atoms with Crippen LogP contribution in [0.2, 0.25) is 0 Å². The van der Waals surface area contributed by atoms with Crippen molar-refractivity contribution in [3.8, 4) is 11.5 Å². The average Bonchev–Trinajstić information content (AvgIpc) is 2.60. The van der Waals surface area contributed by atoms with Gasteiger partial charge in [0.25, 0.3) is 5.91 Å². The Morgan fingerprint density at radius 2 is 1.75 bits per heavy atom. The third-order valence-electron chi connectivity index (χ3n) is 3.73. The van der Waals surface area contributed by atoms with Gasteiger partial charge in [-0.25, -0.2) is 0 Å². The molecule has 0 radical (unpaired) electrons. The highest BCUT2D eigenvalue weighted by Gasteiger charge is 2.13. The number of fused-ring (bicyclic) bond motifs is 1. The molecule has 0 aliphatic heterocycles. The summed E-state index contributed by atoms with van der Waals surface area (Å²) in [6.45, 7) is 1.87. The highest BCUT2D eigenvalue weighted by molar-refractivity contribution is 6.12. The van der Waals surface area contributed by atoms with Gasteiger partial charge in [0, 0.05) is 22.8 Å². The van der Waals surface area contributed by atoms with Crippen molar-refractivity contribution in [2.75, 3.05) is 19.5 Å². The van der Waals surface area contributed by atoms with Gasteiger partial charge in [-0.2, -0.15) is 0 Å². The van der Waals surface area contributed by atoms with Gasteiger partial charge < -0.3 is 14.8 Å². The SMILES string of the molecule is COc1ccc(NC(=O)c2cc(C)nc3ccccc23)cc1OC. The summed E-state index contributed by atoms with van der Waals surface area (Å²) in [6.07, 6.45) is 0.